The number of nitrogens with zero attached hydrogens (tertiary/aromatic N) is 1. The Balaban J connectivity index is 2.05. The Hall–Kier alpha value is -1.93. The molecule has 4 N–H and O–H groups in total. The van der Waals surface area contributed by atoms with E-state index >= 15 is 0 Å². The van der Waals surface area contributed by atoms with Crippen LogP contribution < -0.4 is 11.1 Å². The molecule has 1 heterocycles. The minimum absolute atomic E-state index is 0.0522. The Morgan fingerprint density at radius 1 is 1.43 bits per heavy atom. The molecule has 5 nitrogen and oxygen atoms in total. The van der Waals surface area contributed by atoms with E-state index in [0.717, 1.165) is 9.85 Å². The van der Waals surface area contributed by atoms with Crippen LogP contribution in [0.1, 0.15) is 20.8 Å². The van der Waals surface area contributed by atoms with Crippen molar-refractivity contribution in [1.29, 1.82) is 0 Å². The van der Waals surface area contributed by atoms with Gasteiger partial charge in [0.25, 0.3) is 5.91 Å². The van der Waals surface area contributed by atoms with Crippen LogP contribution >= 0.6 is 27.3 Å². The zero-order valence-electron chi connectivity index (χ0n) is 10.6. The highest BCUT2D eigenvalue weighted by Gasteiger charge is 2.11. The van der Waals surface area contributed by atoms with E-state index < -0.39 is 5.82 Å². The Kier molecular flexibility index (Phi) is 4.92. The van der Waals surface area contributed by atoms with E-state index in [1.165, 1.54) is 23.5 Å². The van der Waals surface area contributed by atoms with Gasteiger partial charge >= 0.3 is 0 Å². The number of nitrogens with two attached hydrogens (primary N) is 1. The molecule has 0 bridgehead atoms. The van der Waals surface area contributed by atoms with Gasteiger partial charge in [-0.25, -0.2) is 4.39 Å². The maximum absolute atomic E-state index is 13.9. The SMILES string of the molecule is NC(=NO)c1ccc(CNC(=O)c2ccc(Br)s2)c(F)c1. The van der Waals surface area contributed by atoms with Crippen LogP contribution in [-0.4, -0.2) is 17.0 Å². The first kappa shape index (κ1) is 15.5. The molecule has 0 fully saturated rings. The average Bonchev–Trinajstić information content (AvgIpc) is 2.91. The smallest absolute Gasteiger partial charge is 0.261 e. The van der Waals surface area contributed by atoms with Crippen molar-refractivity contribution >= 4 is 39.0 Å². The average molecular weight is 372 g/mol. The number of halogens is 2. The molecule has 0 aliphatic rings. The van der Waals surface area contributed by atoms with Crippen LogP contribution in [0, 0.1) is 5.82 Å². The summed E-state index contributed by atoms with van der Waals surface area (Å²) in [7, 11) is 0. The molecule has 0 saturated carbocycles. The molecule has 2 aromatic rings. The fraction of sp³-hybridized carbons (Fsp3) is 0.0769. The number of benzene rings is 1. The molecule has 1 aromatic carbocycles. The van der Waals surface area contributed by atoms with Crippen LogP contribution in [0.5, 0.6) is 0 Å². The quantitative estimate of drug-likeness (QED) is 0.334. The number of amides is 1. The molecular formula is C13H11BrFN3O2S. The molecular weight excluding hydrogens is 361 g/mol. The van der Waals surface area contributed by atoms with Crippen LogP contribution in [0.25, 0.3) is 0 Å². The Morgan fingerprint density at radius 2 is 2.19 bits per heavy atom. The first-order valence-electron chi connectivity index (χ1n) is 5.81. The number of carbonyl (C=O) groups is 1. The van der Waals surface area contributed by atoms with Gasteiger partial charge in [0.1, 0.15) is 5.82 Å². The topological polar surface area (TPSA) is 87.7 Å². The zero-order valence-corrected chi connectivity index (χ0v) is 13.0. The number of hydrogen-bond donors (Lipinski definition) is 3. The van der Waals surface area contributed by atoms with Crippen molar-refractivity contribution in [1.82, 2.24) is 5.32 Å². The van der Waals surface area contributed by atoms with E-state index in [-0.39, 0.29) is 23.9 Å². The summed E-state index contributed by atoms with van der Waals surface area (Å²) in [5.74, 6) is -0.981. The van der Waals surface area contributed by atoms with Crippen molar-refractivity contribution in [3.05, 3.63) is 55.9 Å². The third kappa shape index (κ3) is 3.79. The van der Waals surface area contributed by atoms with Gasteiger partial charge in [-0.2, -0.15) is 0 Å². The highest BCUT2D eigenvalue weighted by Crippen LogP contribution is 2.22. The molecule has 1 amide bonds. The molecule has 1 aromatic heterocycles. The summed E-state index contributed by atoms with van der Waals surface area (Å²) in [6.07, 6.45) is 0. The number of carbonyl (C=O) groups excluding carboxylic acids is 1. The van der Waals surface area contributed by atoms with Crippen LogP contribution in [-0.2, 0) is 6.54 Å². The van der Waals surface area contributed by atoms with Crippen molar-refractivity contribution < 1.29 is 14.4 Å². The third-order valence-corrected chi connectivity index (χ3v) is 4.32. The van der Waals surface area contributed by atoms with Gasteiger partial charge in [-0.05, 0) is 34.1 Å². The lowest BCUT2D eigenvalue weighted by atomic mass is 10.1. The molecule has 0 radical (unpaired) electrons. The first-order chi connectivity index (χ1) is 10.0. The normalized spacial score (nSPS) is 11.4. The second kappa shape index (κ2) is 6.68. The first-order valence-corrected chi connectivity index (χ1v) is 7.42. The minimum Gasteiger partial charge on any atom is -0.409 e. The molecule has 0 spiro atoms. The van der Waals surface area contributed by atoms with E-state index in [1.807, 2.05) is 0 Å². The Morgan fingerprint density at radius 3 is 2.76 bits per heavy atom. The molecule has 2 rings (SSSR count). The zero-order chi connectivity index (χ0) is 15.4. The largest absolute Gasteiger partial charge is 0.409 e. The van der Waals surface area contributed by atoms with Crippen molar-refractivity contribution in [3.8, 4) is 0 Å². The molecule has 0 atom stereocenters. The van der Waals surface area contributed by atoms with E-state index in [1.54, 1.807) is 12.1 Å². The van der Waals surface area contributed by atoms with Gasteiger partial charge in [0.15, 0.2) is 5.84 Å². The Labute approximate surface area is 132 Å². The number of thiophene rings is 1. The van der Waals surface area contributed by atoms with Gasteiger partial charge in [-0.1, -0.05) is 17.3 Å². The molecule has 0 aliphatic carbocycles. The predicted octanol–water partition coefficient (Wildman–Crippen LogP) is 2.67. The van der Waals surface area contributed by atoms with E-state index in [9.17, 15) is 9.18 Å². The lowest BCUT2D eigenvalue weighted by Crippen LogP contribution is -2.22. The van der Waals surface area contributed by atoms with E-state index in [2.05, 4.69) is 26.4 Å². The summed E-state index contributed by atoms with van der Waals surface area (Å²) in [4.78, 5) is 12.4. The van der Waals surface area contributed by atoms with Crippen LogP contribution in [0.15, 0.2) is 39.3 Å². The molecule has 21 heavy (non-hydrogen) atoms. The molecule has 0 unspecified atom stereocenters. The van der Waals surface area contributed by atoms with Crippen molar-refractivity contribution in [2.24, 2.45) is 10.9 Å². The summed E-state index contributed by atoms with van der Waals surface area (Å²) in [6.45, 7) is 0.0522. The number of rotatable bonds is 4. The molecule has 110 valence electrons. The fourth-order valence-electron chi connectivity index (χ4n) is 1.61. The maximum atomic E-state index is 13.9. The van der Waals surface area contributed by atoms with Gasteiger partial charge in [-0.15, -0.1) is 11.3 Å². The number of hydrogen-bond acceptors (Lipinski definition) is 4. The second-order valence-electron chi connectivity index (χ2n) is 4.08. The van der Waals surface area contributed by atoms with Gasteiger partial charge in [0, 0.05) is 17.7 Å². The predicted molar refractivity (Wildman–Crippen MR) is 82.1 cm³/mol. The molecule has 0 aliphatic heterocycles. The van der Waals surface area contributed by atoms with E-state index in [4.69, 9.17) is 10.9 Å². The third-order valence-electron chi connectivity index (χ3n) is 2.69. The van der Waals surface area contributed by atoms with Gasteiger partial charge < -0.3 is 16.3 Å². The molecule has 0 saturated heterocycles. The maximum Gasteiger partial charge on any atom is 0.261 e. The number of oxime groups is 1. The lowest BCUT2D eigenvalue weighted by molar-refractivity contribution is 0.0954. The summed E-state index contributed by atoms with van der Waals surface area (Å²) in [6, 6.07) is 7.60. The minimum atomic E-state index is -0.535. The van der Waals surface area contributed by atoms with Crippen molar-refractivity contribution in [3.63, 3.8) is 0 Å². The van der Waals surface area contributed by atoms with Gasteiger partial charge in [-0.3, -0.25) is 4.79 Å². The van der Waals surface area contributed by atoms with Crippen LogP contribution in [0.4, 0.5) is 4.39 Å². The second-order valence-corrected chi connectivity index (χ2v) is 6.54. The van der Waals surface area contributed by atoms with Crippen molar-refractivity contribution in [2.45, 2.75) is 6.54 Å². The molecule has 8 heteroatoms. The standard InChI is InChI=1S/C13H11BrFN3O2S/c14-11-4-3-10(21-11)13(19)17-6-8-2-1-7(5-9(8)15)12(16)18-20/h1-5,20H,6H2,(H2,16,18)(H,17,19). The van der Waals surface area contributed by atoms with Crippen molar-refractivity contribution in [2.75, 3.05) is 0 Å². The number of nitrogens with one attached hydrogen (secondary N) is 1. The lowest BCUT2D eigenvalue weighted by Gasteiger charge is -2.07. The number of amidine groups is 1. The monoisotopic (exact) mass is 371 g/mol. The summed E-state index contributed by atoms with van der Waals surface area (Å²) in [5, 5.41) is 14.0. The fourth-order valence-corrected chi connectivity index (χ4v) is 2.91. The van der Waals surface area contributed by atoms with E-state index in [0.29, 0.717) is 10.4 Å². The van der Waals surface area contributed by atoms with Crippen LogP contribution in [0.2, 0.25) is 0 Å². The van der Waals surface area contributed by atoms with Gasteiger partial charge in [0.05, 0.1) is 8.66 Å². The van der Waals surface area contributed by atoms with Crippen LogP contribution in [0.3, 0.4) is 0 Å². The summed E-state index contributed by atoms with van der Waals surface area (Å²) in [5.41, 5.74) is 5.96. The summed E-state index contributed by atoms with van der Waals surface area (Å²) < 4.78 is 14.7. The van der Waals surface area contributed by atoms with Gasteiger partial charge in [0.2, 0.25) is 0 Å². The highest BCUT2D eigenvalue weighted by atomic mass is 79.9. The summed E-state index contributed by atoms with van der Waals surface area (Å²) >= 11 is 4.57. The highest BCUT2D eigenvalue weighted by molar-refractivity contribution is 9.11. The Bertz CT molecular complexity index is 702.